The molecule has 0 amide bonds. The average molecular weight is 389 g/mol. The van der Waals surface area contributed by atoms with Gasteiger partial charge in [0.2, 0.25) is 0 Å². The van der Waals surface area contributed by atoms with Gasteiger partial charge in [-0.05, 0) is 100 Å². The number of likely N-dealkylation sites (N-methyl/N-ethyl adjacent to an activating group) is 1. The zero-order valence-electron chi connectivity index (χ0n) is 18.5. The van der Waals surface area contributed by atoms with E-state index in [0.717, 1.165) is 43.6 Å². The monoisotopic (exact) mass is 388 g/mol. The smallest absolute Gasteiger partial charge is 0.139 e. The zero-order valence-corrected chi connectivity index (χ0v) is 18.5. The van der Waals surface area contributed by atoms with Gasteiger partial charge in [-0.25, -0.2) is 0 Å². The van der Waals surface area contributed by atoms with Crippen LogP contribution in [0.2, 0.25) is 0 Å². The van der Waals surface area contributed by atoms with Gasteiger partial charge in [0.1, 0.15) is 12.4 Å². The van der Waals surface area contributed by atoms with Crippen LogP contribution in [-0.4, -0.2) is 44.1 Å². The van der Waals surface area contributed by atoms with Gasteiger partial charge in [-0.15, -0.1) is 0 Å². The first-order chi connectivity index (χ1) is 13.3. The molecule has 0 aromatic rings. The van der Waals surface area contributed by atoms with E-state index in [0.29, 0.717) is 29.6 Å². The van der Waals surface area contributed by atoms with Gasteiger partial charge in [-0.3, -0.25) is 4.79 Å². The summed E-state index contributed by atoms with van der Waals surface area (Å²) in [5, 5.41) is 4.28. The van der Waals surface area contributed by atoms with E-state index < -0.39 is 0 Å². The van der Waals surface area contributed by atoms with Crippen LogP contribution >= 0.6 is 0 Å². The van der Waals surface area contributed by atoms with Crippen LogP contribution in [0.1, 0.15) is 71.6 Å². The van der Waals surface area contributed by atoms with E-state index >= 15 is 0 Å². The third-order valence-corrected chi connectivity index (χ3v) is 9.39. The molecule has 0 aromatic heterocycles. The summed E-state index contributed by atoms with van der Waals surface area (Å²) >= 11 is 0. The molecule has 0 aliphatic heterocycles. The summed E-state index contributed by atoms with van der Waals surface area (Å²) in [6, 6.07) is 0. The van der Waals surface area contributed by atoms with Gasteiger partial charge in [-0.2, -0.15) is 0 Å². The zero-order chi connectivity index (χ0) is 19.9. The lowest BCUT2D eigenvalue weighted by Crippen LogP contribution is -2.53. The quantitative estimate of drug-likeness (QED) is 0.387. The number of Topliss-reactive ketones (excluding diaryl/α,β-unsaturated/α-hetero) is 1. The lowest BCUT2D eigenvalue weighted by molar-refractivity contribution is -0.139. The fourth-order valence-corrected chi connectivity index (χ4v) is 7.60. The highest BCUT2D eigenvalue weighted by Gasteiger charge is 2.60. The molecule has 0 heterocycles. The van der Waals surface area contributed by atoms with Crippen molar-refractivity contribution in [3.63, 3.8) is 0 Å². The first-order valence-corrected chi connectivity index (χ1v) is 11.7. The Hall–Kier alpha value is -0.900. The molecule has 0 radical (unpaired) electrons. The molecule has 4 aliphatic rings. The lowest BCUT2D eigenvalue weighted by Gasteiger charge is -2.60. The second kappa shape index (κ2) is 7.74. The summed E-state index contributed by atoms with van der Waals surface area (Å²) < 4.78 is 0. The fourth-order valence-electron chi connectivity index (χ4n) is 7.60. The van der Waals surface area contributed by atoms with Crippen molar-refractivity contribution in [2.45, 2.75) is 71.6 Å². The van der Waals surface area contributed by atoms with Crippen LogP contribution < -0.4 is 0 Å². The summed E-state index contributed by atoms with van der Waals surface area (Å²) in [6.07, 6.45) is 13.1. The molecule has 4 fully saturated rings. The predicted octanol–water partition coefficient (Wildman–Crippen LogP) is 4.78. The second-order valence-corrected chi connectivity index (χ2v) is 11.0. The third kappa shape index (κ3) is 3.44. The number of nitrogens with zero attached hydrogens (tertiary/aromatic N) is 2. The Balaban J connectivity index is 1.38. The van der Waals surface area contributed by atoms with E-state index in [1.54, 1.807) is 0 Å². The number of fused-ring (bicyclic) bond motifs is 5. The molecule has 0 aromatic carbocycles. The SMILES string of the molecule is CN(C)CCO/N=C/[C@H]1CC[C@@]2(C)C(CCC3C2CC[C@]2(C)C(=O)CCC32)C1. The molecular formula is C24H40N2O2. The fraction of sp³-hybridized carbons (Fsp3) is 0.917. The van der Waals surface area contributed by atoms with Crippen LogP contribution in [-0.2, 0) is 9.63 Å². The first kappa shape index (κ1) is 20.4. The van der Waals surface area contributed by atoms with Crippen LogP contribution in [0, 0.1) is 40.4 Å². The molecular weight excluding hydrogens is 348 g/mol. The van der Waals surface area contributed by atoms with Gasteiger partial charge in [0.05, 0.1) is 0 Å². The number of ketones is 1. The van der Waals surface area contributed by atoms with Crippen molar-refractivity contribution in [2.75, 3.05) is 27.2 Å². The Bertz CT molecular complexity index is 618. The number of carbonyl (C=O) groups excluding carboxylic acids is 1. The van der Waals surface area contributed by atoms with Gasteiger partial charge >= 0.3 is 0 Å². The molecule has 0 spiro atoms. The minimum Gasteiger partial charge on any atom is -0.395 e. The van der Waals surface area contributed by atoms with Crippen molar-refractivity contribution in [1.29, 1.82) is 0 Å². The standard InChI is InChI=1S/C24H40N2O2/c1-23-11-9-17(16-25-28-14-13-26(3)4)15-18(23)5-6-19-20-7-8-22(27)24(20,2)12-10-21(19)23/h16-21H,5-15H2,1-4H3/b25-16+/t17-,18?,19?,20?,21?,23-,24-/m0/s1. The molecule has 158 valence electrons. The van der Waals surface area contributed by atoms with Crippen LogP contribution in [0.3, 0.4) is 0 Å². The molecule has 4 unspecified atom stereocenters. The minimum absolute atomic E-state index is 0.0120. The Kier molecular flexibility index (Phi) is 5.63. The average Bonchev–Trinajstić information content (AvgIpc) is 2.96. The molecule has 4 heteroatoms. The Morgan fingerprint density at radius 2 is 1.93 bits per heavy atom. The number of hydrogen-bond donors (Lipinski definition) is 0. The minimum atomic E-state index is 0.0120. The summed E-state index contributed by atoms with van der Waals surface area (Å²) in [5.74, 6) is 4.27. The summed E-state index contributed by atoms with van der Waals surface area (Å²) in [5.41, 5.74) is 0.490. The number of hydrogen-bond acceptors (Lipinski definition) is 4. The van der Waals surface area contributed by atoms with Crippen LogP contribution in [0.25, 0.3) is 0 Å². The molecule has 28 heavy (non-hydrogen) atoms. The maximum Gasteiger partial charge on any atom is 0.139 e. The maximum atomic E-state index is 12.6. The summed E-state index contributed by atoms with van der Waals surface area (Å²) in [6.45, 7) is 6.46. The highest BCUT2D eigenvalue weighted by atomic mass is 16.6. The Labute approximate surface area is 171 Å². The van der Waals surface area contributed by atoms with E-state index in [9.17, 15) is 4.79 Å². The van der Waals surface area contributed by atoms with Crippen molar-refractivity contribution >= 4 is 12.0 Å². The number of carbonyl (C=O) groups is 1. The van der Waals surface area contributed by atoms with Crippen molar-refractivity contribution in [3.8, 4) is 0 Å². The van der Waals surface area contributed by atoms with Crippen molar-refractivity contribution in [2.24, 2.45) is 45.6 Å². The van der Waals surface area contributed by atoms with Gasteiger partial charge in [-0.1, -0.05) is 19.0 Å². The van der Waals surface area contributed by atoms with E-state index in [1.807, 2.05) is 0 Å². The normalized spacial score (nSPS) is 45.8. The Morgan fingerprint density at radius 1 is 1.11 bits per heavy atom. The maximum absolute atomic E-state index is 12.6. The molecule has 4 rings (SSSR count). The molecule has 0 N–H and O–H groups in total. The van der Waals surface area contributed by atoms with Crippen LogP contribution in [0.15, 0.2) is 5.16 Å². The lowest BCUT2D eigenvalue weighted by atomic mass is 9.45. The predicted molar refractivity (Wildman–Crippen MR) is 113 cm³/mol. The topological polar surface area (TPSA) is 41.9 Å². The van der Waals surface area contributed by atoms with Crippen molar-refractivity contribution < 1.29 is 9.63 Å². The highest BCUT2D eigenvalue weighted by Crippen LogP contribution is 2.65. The third-order valence-electron chi connectivity index (χ3n) is 9.39. The first-order valence-electron chi connectivity index (χ1n) is 11.7. The van der Waals surface area contributed by atoms with Gasteiger partial charge < -0.3 is 9.74 Å². The van der Waals surface area contributed by atoms with Crippen LogP contribution in [0.5, 0.6) is 0 Å². The Morgan fingerprint density at radius 3 is 2.71 bits per heavy atom. The van der Waals surface area contributed by atoms with Crippen molar-refractivity contribution in [3.05, 3.63) is 0 Å². The number of rotatable bonds is 5. The van der Waals surface area contributed by atoms with E-state index in [4.69, 9.17) is 4.84 Å². The summed E-state index contributed by atoms with van der Waals surface area (Å²) in [7, 11) is 4.11. The summed E-state index contributed by atoms with van der Waals surface area (Å²) in [4.78, 5) is 20.1. The molecule has 4 saturated carbocycles. The second-order valence-electron chi connectivity index (χ2n) is 11.0. The highest BCUT2D eigenvalue weighted by molar-refractivity contribution is 5.87. The molecule has 4 nitrogen and oxygen atoms in total. The van der Waals surface area contributed by atoms with E-state index in [2.05, 4.69) is 44.2 Å². The molecule has 4 aliphatic carbocycles. The molecule has 7 atom stereocenters. The molecule has 0 bridgehead atoms. The largest absolute Gasteiger partial charge is 0.395 e. The molecule has 0 saturated heterocycles. The van der Waals surface area contributed by atoms with Gasteiger partial charge in [0.15, 0.2) is 0 Å². The van der Waals surface area contributed by atoms with Crippen molar-refractivity contribution in [1.82, 2.24) is 4.90 Å². The van der Waals surface area contributed by atoms with E-state index in [1.165, 1.54) is 38.5 Å². The van der Waals surface area contributed by atoms with E-state index in [-0.39, 0.29) is 5.41 Å². The van der Waals surface area contributed by atoms with Gasteiger partial charge in [0.25, 0.3) is 0 Å². The van der Waals surface area contributed by atoms with Gasteiger partial charge in [0, 0.05) is 24.6 Å². The number of oxime groups is 1. The van der Waals surface area contributed by atoms with Crippen LogP contribution in [0.4, 0.5) is 0 Å².